The average Bonchev–Trinajstić information content (AvgIpc) is 3.79. The molecule has 0 radical (unpaired) electrons. The zero-order valence-corrected chi connectivity index (χ0v) is 38.7. The van der Waals surface area contributed by atoms with Gasteiger partial charge in [0.2, 0.25) is 11.8 Å². The predicted octanol–water partition coefficient (Wildman–Crippen LogP) is 6.20. The van der Waals surface area contributed by atoms with Crippen molar-refractivity contribution >= 4 is 52.2 Å². The van der Waals surface area contributed by atoms with Gasteiger partial charge in [0.25, 0.3) is 0 Å². The molecule has 4 bridgehead atoms. The fraction of sp³-hybridized carbons (Fsp3) is 0.523. The number of aryl methyl sites for hydroxylation is 2. The van der Waals surface area contributed by atoms with Gasteiger partial charge in [-0.25, -0.2) is 33.5 Å². The Bertz CT molecular complexity index is 2320. The number of benzene rings is 2. The van der Waals surface area contributed by atoms with Gasteiger partial charge in [0.05, 0.1) is 61.0 Å². The lowest BCUT2D eigenvalue weighted by Gasteiger charge is -2.47. The lowest BCUT2D eigenvalue weighted by atomic mass is 9.92. The number of nitrogens with one attached hydrogen (secondary N) is 3. The van der Waals surface area contributed by atoms with Gasteiger partial charge in [-0.2, -0.15) is 16.8 Å². The Labute approximate surface area is 388 Å². The summed E-state index contributed by atoms with van der Waals surface area (Å²) in [6, 6.07) is 10.5. The molecule has 66 heavy (non-hydrogen) atoms. The summed E-state index contributed by atoms with van der Waals surface area (Å²) in [6.45, 7) is 9.81. The number of piperidine rings is 2. The van der Waals surface area contributed by atoms with Crippen molar-refractivity contribution in [2.75, 3.05) is 37.1 Å². The second-order valence-electron chi connectivity index (χ2n) is 16.7. The van der Waals surface area contributed by atoms with Crippen molar-refractivity contribution in [2.24, 2.45) is 0 Å². The van der Waals surface area contributed by atoms with Crippen LogP contribution in [-0.4, -0.2) is 117 Å². The molecule has 4 unspecified atom stereocenters. The van der Waals surface area contributed by atoms with Crippen LogP contribution in [0.5, 0.6) is 11.8 Å². The maximum Gasteiger partial charge on any atom is 0.410 e. The van der Waals surface area contributed by atoms with Gasteiger partial charge in [-0.15, -0.1) is 0 Å². The minimum atomic E-state index is -0.750. The van der Waals surface area contributed by atoms with Crippen molar-refractivity contribution in [1.82, 2.24) is 30.2 Å². The molecule has 9 rings (SSSR count). The van der Waals surface area contributed by atoms with Crippen LogP contribution < -0.4 is 25.4 Å². The first-order valence-corrected chi connectivity index (χ1v) is 23.0. The van der Waals surface area contributed by atoms with Gasteiger partial charge < -0.3 is 39.6 Å². The molecular formula is C44H54F2N8O10S2. The summed E-state index contributed by atoms with van der Waals surface area (Å²) in [5.41, 5.74) is 3.92. The van der Waals surface area contributed by atoms with E-state index in [-0.39, 0.29) is 48.1 Å². The Morgan fingerprint density at radius 2 is 1.11 bits per heavy atom. The Morgan fingerprint density at radius 3 is 1.56 bits per heavy atom. The quantitative estimate of drug-likeness (QED) is 0.170. The smallest absolute Gasteiger partial charge is 0.410 e. The molecule has 22 heteroatoms. The van der Waals surface area contributed by atoms with Crippen molar-refractivity contribution in [1.29, 1.82) is 0 Å². The maximum absolute atomic E-state index is 14.3. The van der Waals surface area contributed by atoms with Gasteiger partial charge in [-0.1, -0.05) is 12.1 Å². The van der Waals surface area contributed by atoms with Crippen molar-refractivity contribution in [3.8, 4) is 11.8 Å². The van der Waals surface area contributed by atoms with E-state index in [1.807, 2.05) is 44.7 Å². The first kappa shape index (κ1) is 49.9. The number of morpholine rings is 2. The highest BCUT2D eigenvalue weighted by atomic mass is 32.1. The molecule has 4 saturated heterocycles. The summed E-state index contributed by atoms with van der Waals surface area (Å²) in [4.78, 5) is 31.9. The molecule has 5 fully saturated rings. The van der Waals surface area contributed by atoms with Gasteiger partial charge >= 0.3 is 29.2 Å². The van der Waals surface area contributed by atoms with Gasteiger partial charge in [0.1, 0.15) is 54.2 Å². The Balaban J connectivity index is 0.000000200. The first-order valence-electron chi connectivity index (χ1n) is 21.7. The van der Waals surface area contributed by atoms with E-state index in [1.54, 1.807) is 12.1 Å². The van der Waals surface area contributed by atoms with E-state index in [0.717, 1.165) is 68.4 Å². The third-order valence-corrected chi connectivity index (χ3v) is 11.8. The van der Waals surface area contributed by atoms with E-state index < -0.39 is 23.1 Å². The summed E-state index contributed by atoms with van der Waals surface area (Å²) >= 11 is -1.50. The fourth-order valence-electron chi connectivity index (χ4n) is 8.72. The minimum absolute atomic E-state index is 0.0380. The predicted molar refractivity (Wildman–Crippen MR) is 238 cm³/mol. The fourth-order valence-corrected chi connectivity index (χ4v) is 8.72. The summed E-state index contributed by atoms with van der Waals surface area (Å²) < 4.78 is 91.1. The Hall–Kier alpha value is -5.55. The highest BCUT2D eigenvalue weighted by Gasteiger charge is 2.44. The van der Waals surface area contributed by atoms with Crippen LogP contribution in [-0.2, 0) is 37.4 Å². The van der Waals surface area contributed by atoms with Crippen LogP contribution in [0.15, 0.2) is 49.1 Å². The van der Waals surface area contributed by atoms with Crippen LogP contribution >= 0.6 is 0 Å². The summed E-state index contributed by atoms with van der Waals surface area (Å²) in [7, 11) is 0. The zero-order valence-electron chi connectivity index (χ0n) is 37.0. The first-order chi connectivity index (χ1) is 31.9. The Morgan fingerprint density at radius 1 is 0.667 bits per heavy atom. The average molecular weight is 957 g/mol. The SMILES string of the molecule is Cc1ccc(Nc2ncnc(OC3CC4COCC(C3)N4)c2C)c(F)c1.Cc1ccc(Nc2ncnc(OC3CC4COCC(C3)N4C(=O)OC3CCCC3)c2C)c(F)c1.O=S=O.O=S=O. The van der Waals surface area contributed by atoms with Crippen LogP contribution in [0.3, 0.4) is 0 Å². The summed E-state index contributed by atoms with van der Waals surface area (Å²) in [5, 5.41) is 9.64. The van der Waals surface area contributed by atoms with Crippen molar-refractivity contribution in [3.63, 3.8) is 0 Å². The molecule has 4 atom stereocenters. The molecule has 1 aliphatic carbocycles. The third kappa shape index (κ3) is 13.5. The second kappa shape index (κ2) is 24.3. The molecule has 1 saturated carbocycles. The zero-order chi connectivity index (χ0) is 47.2. The number of carbonyl (C=O) groups is 1. The molecule has 1 amide bonds. The second-order valence-corrected chi connectivity index (χ2v) is 17.0. The molecule has 4 aromatic rings. The van der Waals surface area contributed by atoms with E-state index >= 15 is 0 Å². The highest BCUT2D eigenvalue weighted by molar-refractivity contribution is 7.51. The molecule has 4 aliphatic heterocycles. The van der Waals surface area contributed by atoms with E-state index in [0.29, 0.717) is 78.5 Å². The molecular weight excluding hydrogens is 903 g/mol. The standard InChI is InChI=1S/C25H31FN4O4.C19H23FN4O2.2O2S/c1-15-7-8-22(21(26)9-15)29-23-16(2)24(28-14-27-23)33-20-10-17-12-32-13-18(11-20)30(17)25(31)34-19-5-3-4-6-19;1-11-3-4-17(16(20)5-11)24-18-12(2)19(22-10-21-18)26-15-6-13-8-25-9-14(7-15)23-13;2*1-3-2/h7-9,14,17-20H,3-6,10-13H2,1-2H3,(H,27,28,29);3-5,10,13-15,23H,6-9H2,1-2H3,(H,21,22,24);;. The van der Waals surface area contributed by atoms with Crippen LogP contribution in [0.1, 0.15) is 73.6 Å². The van der Waals surface area contributed by atoms with Gasteiger partial charge in [0.15, 0.2) is 0 Å². The minimum Gasteiger partial charge on any atom is -0.474 e. The number of ether oxygens (including phenoxy) is 5. The number of anilines is 4. The summed E-state index contributed by atoms with van der Waals surface area (Å²) in [5.74, 6) is 1.39. The topological polar surface area (TPSA) is 222 Å². The lowest BCUT2D eigenvalue weighted by molar-refractivity contribution is -0.0945. The van der Waals surface area contributed by atoms with E-state index in [4.69, 9.17) is 40.5 Å². The van der Waals surface area contributed by atoms with E-state index in [2.05, 4.69) is 35.9 Å². The molecule has 6 heterocycles. The normalized spacial score (nSPS) is 22.9. The number of hydrogen-bond donors (Lipinski definition) is 3. The third-order valence-electron chi connectivity index (χ3n) is 11.8. The number of fused-ring (bicyclic) bond motifs is 4. The van der Waals surface area contributed by atoms with Crippen LogP contribution in [0.4, 0.5) is 36.6 Å². The van der Waals surface area contributed by atoms with Crippen LogP contribution in [0.25, 0.3) is 0 Å². The van der Waals surface area contributed by atoms with Crippen molar-refractivity contribution in [2.45, 2.75) is 122 Å². The molecule has 0 spiro atoms. The molecule has 2 aromatic heterocycles. The number of hydrogen-bond acceptors (Lipinski definition) is 17. The Kier molecular flexibility index (Phi) is 18.4. The van der Waals surface area contributed by atoms with Crippen molar-refractivity contribution in [3.05, 3.63) is 82.9 Å². The number of nitrogens with zero attached hydrogens (tertiary/aromatic N) is 5. The number of carbonyl (C=O) groups excluding carboxylic acids is 1. The summed E-state index contributed by atoms with van der Waals surface area (Å²) in [6.07, 6.45) is 9.82. The molecule has 3 N–H and O–H groups in total. The van der Waals surface area contributed by atoms with Crippen molar-refractivity contribution < 1.29 is 54.1 Å². The molecule has 5 aliphatic rings. The number of halogens is 2. The highest BCUT2D eigenvalue weighted by Crippen LogP contribution is 2.35. The van der Waals surface area contributed by atoms with E-state index in [1.165, 1.54) is 24.8 Å². The maximum atomic E-state index is 14.3. The number of aromatic nitrogens is 4. The number of amides is 1. The largest absolute Gasteiger partial charge is 0.474 e. The van der Waals surface area contributed by atoms with Crippen LogP contribution in [0, 0.1) is 39.3 Å². The van der Waals surface area contributed by atoms with Crippen LogP contribution in [0.2, 0.25) is 0 Å². The number of rotatable bonds is 9. The van der Waals surface area contributed by atoms with E-state index in [9.17, 15) is 13.6 Å². The lowest BCUT2D eigenvalue weighted by Crippen LogP contribution is -2.61. The van der Waals surface area contributed by atoms with Gasteiger partial charge in [0, 0.05) is 37.8 Å². The monoisotopic (exact) mass is 956 g/mol. The van der Waals surface area contributed by atoms with Gasteiger partial charge in [-0.05, 0) is 88.8 Å². The molecule has 18 nitrogen and oxygen atoms in total. The molecule has 356 valence electrons. The van der Waals surface area contributed by atoms with Gasteiger partial charge in [-0.3, -0.25) is 4.90 Å². The molecule has 2 aromatic carbocycles.